The second-order valence-corrected chi connectivity index (χ2v) is 6.88. The molecule has 4 heterocycles. The first-order chi connectivity index (χ1) is 12.2. The van der Waals surface area contributed by atoms with Crippen LogP contribution >= 0.6 is 0 Å². The number of hydrogen-bond acceptors (Lipinski definition) is 4. The van der Waals surface area contributed by atoms with Gasteiger partial charge in [-0.15, -0.1) is 0 Å². The Morgan fingerprint density at radius 1 is 1.20 bits per heavy atom. The van der Waals surface area contributed by atoms with E-state index in [-0.39, 0.29) is 18.4 Å². The third kappa shape index (κ3) is 3.34. The maximum atomic E-state index is 12.4. The second-order valence-electron chi connectivity index (χ2n) is 6.88. The normalized spacial score (nSPS) is 19.0. The molecule has 4 rings (SSSR count). The molecule has 2 amide bonds. The van der Waals surface area contributed by atoms with Crippen LogP contribution in [-0.2, 0) is 9.59 Å². The molecule has 0 atom stereocenters. The van der Waals surface area contributed by atoms with Crippen molar-refractivity contribution in [2.45, 2.75) is 31.6 Å². The number of aromatic nitrogens is 2. The molecule has 130 valence electrons. The standard InChI is InChI=1S/C19H22N4O2/c24-18-4-2-8-23(18)13-19(25)22-9-5-14(6-10-22)16-11-17-15(12-21-16)3-1-7-20-17/h1,3,7,11-12,14H,2,4-6,8-10,13H2. The summed E-state index contributed by atoms with van der Waals surface area (Å²) in [5.41, 5.74) is 2.03. The summed E-state index contributed by atoms with van der Waals surface area (Å²) in [5.74, 6) is 0.543. The number of amides is 2. The molecule has 25 heavy (non-hydrogen) atoms. The Hall–Kier alpha value is -2.50. The number of likely N-dealkylation sites (tertiary alicyclic amines) is 2. The van der Waals surface area contributed by atoms with Crippen molar-refractivity contribution >= 4 is 22.7 Å². The Kier molecular flexibility index (Phi) is 4.34. The van der Waals surface area contributed by atoms with E-state index in [0.717, 1.165) is 55.5 Å². The molecule has 6 heteroatoms. The van der Waals surface area contributed by atoms with Crippen molar-refractivity contribution in [2.75, 3.05) is 26.2 Å². The molecule has 2 aliphatic rings. The molecule has 0 bridgehead atoms. The zero-order chi connectivity index (χ0) is 17.2. The minimum atomic E-state index is 0.0711. The molecule has 2 aromatic heterocycles. The molecule has 2 aromatic rings. The van der Waals surface area contributed by atoms with E-state index in [4.69, 9.17) is 0 Å². The Morgan fingerprint density at radius 2 is 2.04 bits per heavy atom. The molecular weight excluding hydrogens is 316 g/mol. The fraction of sp³-hybridized carbons (Fsp3) is 0.474. The number of fused-ring (bicyclic) bond motifs is 1. The molecule has 0 unspecified atom stereocenters. The lowest BCUT2D eigenvalue weighted by Crippen LogP contribution is -2.44. The Balaban J connectivity index is 1.37. The number of piperidine rings is 1. The summed E-state index contributed by atoms with van der Waals surface area (Å²) in [6.45, 7) is 2.41. The van der Waals surface area contributed by atoms with Gasteiger partial charge in [-0.1, -0.05) is 0 Å². The Labute approximate surface area is 146 Å². The molecule has 0 spiro atoms. The van der Waals surface area contributed by atoms with Crippen molar-refractivity contribution < 1.29 is 9.59 Å². The fourth-order valence-electron chi connectivity index (χ4n) is 3.76. The molecule has 0 aliphatic carbocycles. The summed E-state index contributed by atoms with van der Waals surface area (Å²) in [5, 5.41) is 1.05. The predicted molar refractivity (Wildman–Crippen MR) is 93.9 cm³/mol. The van der Waals surface area contributed by atoms with Gasteiger partial charge in [0.15, 0.2) is 0 Å². The van der Waals surface area contributed by atoms with Crippen LogP contribution in [0.25, 0.3) is 10.9 Å². The van der Waals surface area contributed by atoms with Crippen molar-refractivity contribution in [3.05, 3.63) is 36.3 Å². The van der Waals surface area contributed by atoms with Gasteiger partial charge in [-0.2, -0.15) is 0 Å². The number of pyridine rings is 2. The van der Waals surface area contributed by atoms with Gasteiger partial charge in [-0.05, 0) is 37.5 Å². The van der Waals surface area contributed by atoms with Crippen LogP contribution in [0.4, 0.5) is 0 Å². The molecule has 0 N–H and O–H groups in total. The van der Waals surface area contributed by atoms with Gasteiger partial charge in [0.25, 0.3) is 0 Å². The lowest BCUT2D eigenvalue weighted by molar-refractivity contribution is -0.139. The lowest BCUT2D eigenvalue weighted by atomic mass is 9.92. The first-order valence-corrected chi connectivity index (χ1v) is 8.97. The van der Waals surface area contributed by atoms with Crippen LogP contribution in [0.5, 0.6) is 0 Å². The molecule has 6 nitrogen and oxygen atoms in total. The van der Waals surface area contributed by atoms with Gasteiger partial charge in [-0.3, -0.25) is 19.6 Å². The molecule has 2 saturated heterocycles. The Morgan fingerprint density at radius 3 is 2.80 bits per heavy atom. The zero-order valence-corrected chi connectivity index (χ0v) is 14.2. The topological polar surface area (TPSA) is 66.4 Å². The zero-order valence-electron chi connectivity index (χ0n) is 14.2. The van der Waals surface area contributed by atoms with E-state index in [9.17, 15) is 9.59 Å². The maximum absolute atomic E-state index is 12.4. The van der Waals surface area contributed by atoms with E-state index in [2.05, 4.69) is 16.0 Å². The average molecular weight is 338 g/mol. The van der Waals surface area contributed by atoms with Crippen molar-refractivity contribution in [3.8, 4) is 0 Å². The molecular formula is C19H22N4O2. The number of carbonyl (C=O) groups is 2. The molecule has 0 saturated carbocycles. The van der Waals surface area contributed by atoms with E-state index < -0.39 is 0 Å². The number of carbonyl (C=O) groups excluding carboxylic acids is 2. The van der Waals surface area contributed by atoms with E-state index in [1.807, 2.05) is 23.2 Å². The van der Waals surface area contributed by atoms with Crippen LogP contribution in [0.1, 0.15) is 37.3 Å². The number of rotatable bonds is 3. The highest BCUT2D eigenvalue weighted by Gasteiger charge is 2.28. The minimum absolute atomic E-state index is 0.0711. The third-order valence-electron chi connectivity index (χ3n) is 5.27. The minimum Gasteiger partial charge on any atom is -0.341 e. The Bertz CT molecular complexity index is 799. The summed E-state index contributed by atoms with van der Waals surface area (Å²) in [7, 11) is 0. The third-order valence-corrected chi connectivity index (χ3v) is 5.27. The highest BCUT2D eigenvalue weighted by molar-refractivity contribution is 5.86. The average Bonchev–Trinajstić information content (AvgIpc) is 3.06. The van der Waals surface area contributed by atoms with E-state index >= 15 is 0 Å². The number of nitrogens with zero attached hydrogens (tertiary/aromatic N) is 4. The van der Waals surface area contributed by atoms with Crippen LogP contribution in [-0.4, -0.2) is 57.8 Å². The van der Waals surface area contributed by atoms with Gasteiger partial charge < -0.3 is 9.80 Å². The van der Waals surface area contributed by atoms with Crippen LogP contribution in [0.2, 0.25) is 0 Å². The highest BCUT2D eigenvalue weighted by atomic mass is 16.2. The second kappa shape index (κ2) is 6.78. The van der Waals surface area contributed by atoms with Gasteiger partial charge in [0.2, 0.25) is 11.8 Å². The van der Waals surface area contributed by atoms with Gasteiger partial charge in [0.1, 0.15) is 0 Å². The summed E-state index contributed by atoms with van der Waals surface area (Å²) < 4.78 is 0. The summed E-state index contributed by atoms with van der Waals surface area (Å²) in [4.78, 5) is 36.7. The molecule has 2 aliphatic heterocycles. The number of hydrogen-bond donors (Lipinski definition) is 0. The van der Waals surface area contributed by atoms with E-state index in [1.165, 1.54) is 0 Å². The smallest absolute Gasteiger partial charge is 0.242 e. The monoisotopic (exact) mass is 338 g/mol. The summed E-state index contributed by atoms with van der Waals surface area (Å²) in [6.07, 6.45) is 6.95. The van der Waals surface area contributed by atoms with E-state index in [0.29, 0.717) is 12.3 Å². The van der Waals surface area contributed by atoms with Gasteiger partial charge in [0, 0.05) is 55.4 Å². The lowest BCUT2D eigenvalue weighted by Gasteiger charge is -2.32. The van der Waals surface area contributed by atoms with Crippen LogP contribution in [0.15, 0.2) is 30.6 Å². The van der Waals surface area contributed by atoms with Crippen LogP contribution in [0, 0.1) is 0 Å². The predicted octanol–water partition coefficient (Wildman–Crippen LogP) is 1.96. The fourth-order valence-corrected chi connectivity index (χ4v) is 3.76. The largest absolute Gasteiger partial charge is 0.341 e. The van der Waals surface area contributed by atoms with E-state index in [1.54, 1.807) is 11.1 Å². The molecule has 2 fully saturated rings. The quantitative estimate of drug-likeness (QED) is 0.858. The SMILES string of the molecule is O=C(CN1CCCC1=O)N1CCC(c2cc3ncccc3cn2)CC1. The molecule has 0 radical (unpaired) electrons. The van der Waals surface area contributed by atoms with Gasteiger partial charge >= 0.3 is 0 Å². The maximum Gasteiger partial charge on any atom is 0.242 e. The van der Waals surface area contributed by atoms with Crippen molar-refractivity contribution in [3.63, 3.8) is 0 Å². The van der Waals surface area contributed by atoms with Crippen LogP contribution in [0.3, 0.4) is 0 Å². The first kappa shape index (κ1) is 16.0. The molecule has 0 aromatic carbocycles. The van der Waals surface area contributed by atoms with Crippen molar-refractivity contribution in [1.29, 1.82) is 0 Å². The van der Waals surface area contributed by atoms with Crippen molar-refractivity contribution in [1.82, 2.24) is 19.8 Å². The highest BCUT2D eigenvalue weighted by Crippen LogP contribution is 2.28. The van der Waals surface area contributed by atoms with Crippen LogP contribution < -0.4 is 0 Å². The summed E-state index contributed by atoms with van der Waals surface area (Å²) >= 11 is 0. The summed E-state index contributed by atoms with van der Waals surface area (Å²) in [6, 6.07) is 6.00. The first-order valence-electron chi connectivity index (χ1n) is 8.97. The van der Waals surface area contributed by atoms with Gasteiger partial charge in [-0.25, -0.2) is 0 Å². The van der Waals surface area contributed by atoms with Crippen molar-refractivity contribution in [2.24, 2.45) is 0 Å². The van der Waals surface area contributed by atoms with Gasteiger partial charge in [0.05, 0.1) is 12.1 Å².